The third-order valence-electron chi connectivity index (χ3n) is 7.21. The second-order valence-electron chi connectivity index (χ2n) is 10.5. The number of carbonyl (C=O) groups is 2. The van der Waals surface area contributed by atoms with Crippen LogP contribution in [0.25, 0.3) is 0 Å². The van der Waals surface area contributed by atoms with E-state index in [2.05, 4.69) is 5.32 Å². The highest BCUT2D eigenvalue weighted by Gasteiger charge is 2.35. The Morgan fingerprint density at radius 2 is 1.49 bits per heavy atom. The molecule has 1 atom stereocenters. The van der Waals surface area contributed by atoms with Gasteiger partial charge in [0, 0.05) is 35.1 Å². The number of sulfonamides is 1. The van der Waals surface area contributed by atoms with E-state index in [1.165, 1.54) is 4.90 Å². The zero-order chi connectivity index (χ0) is 32.6. The summed E-state index contributed by atoms with van der Waals surface area (Å²) in [7, 11) is -4.35. The van der Waals surface area contributed by atoms with Gasteiger partial charge in [0.25, 0.3) is 10.0 Å². The molecule has 4 aromatic rings. The Labute approximate surface area is 273 Å². The molecular weight excluding hydrogens is 636 g/mol. The number of hydrogen-bond acceptors (Lipinski definition) is 4. The molecule has 4 aromatic carbocycles. The van der Waals surface area contributed by atoms with Crippen LogP contribution in [0.4, 0.5) is 10.1 Å². The summed E-state index contributed by atoms with van der Waals surface area (Å²) in [5, 5.41) is 3.48. The molecule has 0 aliphatic heterocycles. The number of halogens is 3. The van der Waals surface area contributed by atoms with Crippen LogP contribution in [0, 0.1) is 12.7 Å². The van der Waals surface area contributed by atoms with Gasteiger partial charge in [0.1, 0.15) is 18.4 Å². The summed E-state index contributed by atoms with van der Waals surface area (Å²) in [6.45, 7) is 3.34. The van der Waals surface area contributed by atoms with E-state index in [1.807, 2.05) is 44.2 Å². The number of hydrogen-bond donors (Lipinski definition) is 1. The Balaban J connectivity index is 1.82. The minimum Gasteiger partial charge on any atom is -0.354 e. The minimum atomic E-state index is -4.35. The monoisotopic (exact) mass is 669 g/mol. The Hall–Kier alpha value is -3.92. The molecule has 2 amide bonds. The summed E-state index contributed by atoms with van der Waals surface area (Å²) in [4.78, 5) is 29.3. The van der Waals surface area contributed by atoms with Crippen LogP contribution in [-0.4, -0.2) is 44.3 Å². The lowest BCUT2D eigenvalue weighted by molar-refractivity contribution is -0.140. The molecule has 0 bridgehead atoms. The lowest BCUT2D eigenvalue weighted by Crippen LogP contribution is -2.53. The summed E-state index contributed by atoms with van der Waals surface area (Å²) >= 11 is 13.1. The fourth-order valence-electron chi connectivity index (χ4n) is 4.75. The van der Waals surface area contributed by atoms with Gasteiger partial charge in [-0.15, -0.1) is 0 Å². The molecule has 0 fully saturated rings. The van der Waals surface area contributed by atoms with E-state index in [-0.39, 0.29) is 23.5 Å². The zero-order valence-electron chi connectivity index (χ0n) is 24.9. The third-order valence-corrected chi connectivity index (χ3v) is 9.71. The average Bonchev–Trinajstić information content (AvgIpc) is 3.02. The Bertz CT molecular complexity index is 1700. The molecule has 1 N–H and O–H groups in total. The van der Waals surface area contributed by atoms with Crippen molar-refractivity contribution in [3.63, 3.8) is 0 Å². The molecule has 45 heavy (non-hydrogen) atoms. The van der Waals surface area contributed by atoms with Crippen LogP contribution in [0.1, 0.15) is 30.0 Å². The number of aryl methyl sites for hydroxylation is 1. The van der Waals surface area contributed by atoms with E-state index >= 15 is 0 Å². The SMILES string of the molecule is CCCNC(=O)C(Cc1ccccc1)N(Cc1c(Cl)cccc1Cl)C(=O)CN(c1ccc(C)cc1)S(=O)(=O)c1ccc(F)cc1. The molecule has 0 saturated carbocycles. The van der Waals surface area contributed by atoms with E-state index in [0.717, 1.165) is 39.7 Å². The second kappa shape index (κ2) is 15.4. The van der Waals surface area contributed by atoms with Gasteiger partial charge in [0.15, 0.2) is 0 Å². The highest BCUT2D eigenvalue weighted by molar-refractivity contribution is 7.92. The molecular formula is C34H34Cl2FN3O4S. The van der Waals surface area contributed by atoms with Gasteiger partial charge in [-0.3, -0.25) is 13.9 Å². The van der Waals surface area contributed by atoms with E-state index in [1.54, 1.807) is 42.5 Å². The Kier molecular flexibility index (Phi) is 11.6. The molecule has 0 radical (unpaired) electrons. The Morgan fingerprint density at radius 1 is 0.867 bits per heavy atom. The molecule has 0 aliphatic rings. The topological polar surface area (TPSA) is 86.8 Å². The molecule has 236 valence electrons. The van der Waals surface area contributed by atoms with Crippen molar-refractivity contribution in [2.45, 2.75) is 44.2 Å². The summed E-state index contributed by atoms with van der Waals surface area (Å²) in [6.07, 6.45) is 0.824. The van der Waals surface area contributed by atoms with Gasteiger partial charge in [-0.1, -0.05) is 84.2 Å². The first kappa shape index (κ1) is 34.0. The standard InChI is InChI=1S/C34H34Cl2FN3O4S/c1-3-20-38-34(42)32(21-25-8-5-4-6-9-25)39(22-29-30(35)10-7-11-31(29)36)33(41)23-40(27-16-12-24(2)13-17-27)45(43,44)28-18-14-26(37)15-19-28/h4-19,32H,3,20-23H2,1-2H3,(H,38,42). The Morgan fingerprint density at radius 3 is 2.09 bits per heavy atom. The quantitative estimate of drug-likeness (QED) is 0.170. The zero-order valence-corrected chi connectivity index (χ0v) is 27.2. The molecule has 0 saturated heterocycles. The minimum absolute atomic E-state index is 0.152. The largest absolute Gasteiger partial charge is 0.354 e. The molecule has 0 aliphatic carbocycles. The fraction of sp³-hybridized carbons (Fsp3) is 0.235. The number of nitrogens with zero attached hydrogens (tertiary/aromatic N) is 2. The normalized spacial score (nSPS) is 11.9. The van der Waals surface area contributed by atoms with Gasteiger partial charge in [0.2, 0.25) is 11.8 Å². The summed E-state index contributed by atoms with van der Waals surface area (Å²) in [5.41, 5.74) is 2.32. The van der Waals surface area contributed by atoms with Crippen LogP contribution >= 0.6 is 23.2 Å². The van der Waals surface area contributed by atoms with E-state index in [0.29, 0.717) is 28.6 Å². The molecule has 0 spiro atoms. The van der Waals surface area contributed by atoms with Gasteiger partial charge in [-0.25, -0.2) is 12.8 Å². The van der Waals surface area contributed by atoms with Crippen molar-refractivity contribution in [1.82, 2.24) is 10.2 Å². The van der Waals surface area contributed by atoms with Crippen LogP contribution in [0.2, 0.25) is 10.0 Å². The van der Waals surface area contributed by atoms with Crippen LogP contribution < -0.4 is 9.62 Å². The summed E-state index contributed by atoms with van der Waals surface area (Å²) in [5.74, 6) is -1.66. The number of carbonyl (C=O) groups excluding carboxylic acids is 2. The molecule has 11 heteroatoms. The van der Waals surface area contributed by atoms with Gasteiger partial charge in [-0.2, -0.15) is 0 Å². The lowest BCUT2D eigenvalue weighted by atomic mass is 10.0. The molecule has 0 heterocycles. The van der Waals surface area contributed by atoms with Crippen molar-refractivity contribution in [2.75, 3.05) is 17.4 Å². The maximum Gasteiger partial charge on any atom is 0.264 e. The van der Waals surface area contributed by atoms with Gasteiger partial charge < -0.3 is 10.2 Å². The number of benzene rings is 4. The number of anilines is 1. The molecule has 4 rings (SSSR count). The third kappa shape index (κ3) is 8.63. The van der Waals surface area contributed by atoms with Crippen molar-refractivity contribution < 1.29 is 22.4 Å². The van der Waals surface area contributed by atoms with Crippen molar-refractivity contribution in [2.24, 2.45) is 0 Å². The van der Waals surface area contributed by atoms with E-state index < -0.39 is 40.2 Å². The molecule has 0 aromatic heterocycles. The molecule has 1 unspecified atom stereocenters. The first-order chi connectivity index (χ1) is 21.5. The maximum atomic E-state index is 14.5. The lowest BCUT2D eigenvalue weighted by Gasteiger charge is -2.34. The maximum absolute atomic E-state index is 14.5. The smallest absolute Gasteiger partial charge is 0.264 e. The van der Waals surface area contributed by atoms with Crippen molar-refractivity contribution in [3.05, 3.63) is 130 Å². The highest BCUT2D eigenvalue weighted by atomic mass is 35.5. The van der Waals surface area contributed by atoms with Crippen molar-refractivity contribution in [3.8, 4) is 0 Å². The van der Waals surface area contributed by atoms with E-state index in [9.17, 15) is 22.4 Å². The van der Waals surface area contributed by atoms with Gasteiger partial charge in [0.05, 0.1) is 10.6 Å². The van der Waals surface area contributed by atoms with Crippen LogP contribution in [0.15, 0.2) is 102 Å². The van der Waals surface area contributed by atoms with Crippen LogP contribution in [0.5, 0.6) is 0 Å². The first-order valence-electron chi connectivity index (χ1n) is 14.4. The van der Waals surface area contributed by atoms with Gasteiger partial charge >= 0.3 is 0 Å². The predicted molar refractivity (Wildman–Crippen MR) is 176 cm³/mol. The number of amides is 2. The average molecular weight is 671 g/mol. The van der Waals surface area contributed by atoms with E-state index in [4.69, 9.17) is 23.2 Å². The summed E-state index contributed by atoms with van der Waals surface area (Å²) < 4.78 is 42.7. The predicted octanol–water partition coefficient (Wildman–Crippen LogP) is 6.80. The fourth-order valence-corrected chi connectivity index (χ4v) is 6.68. The second-order valence-corrected chi connectivity index (χ2v) is 13.2. The van der Waals surface area contributed by atoms with Crippen LogP contribution in [-0.2, 0) is 32.6 Å². The first-order valence-corrected chi connectivity index (χ1v) is 16.6. The molecule has 7 nitrogen and oxygen atoms in total. The number of nitrogens with one attached hydrogen (secondary N) is 1. The van der Waals surface area contributed by atoms with Crippen LogP contribution in [0.3, 0.4) is 0 Å². The number of rotatable bonds is 13. The highest BCUT2D eigenvalue weighted by Crippen LogP contribution is 2.29. The van der Waals surface area contributed by atoms with Crippen molar-refractivity contribution in [1.29, 1.82) is 0 Å². The van der Waals surface area contributed by atoms with Gasteiger partial charge in [-0.05, 0) is 67.4 Å². The summed E-state index contributed by atoms with van der Waals surface area (Å²) in [6, 6.07) is 24.1. The van der Waals surface area contributed by atoms with Crippen molar-refractivity contribution >= 4 is 50.7 Å².